The molecule has 13 heteroatoms. The Hall–Kier alpha value is -4.39. The second kappa shape index (κ2) is 9.17. The standard InChI is InChI=1S/C25H30N12O/c1-14-12-36(9-8-34(14)4)21-11-20(26-13-27-21)23-18-10-17(6-7-19(18)29-30-23)28-24(38)22-15(2)35(5)25-31-32-33-37(25)16(22)3/h6-7,10-11,13-14,16H,8-9,12H2,1-5H3,(H,28,38)(H,29,30)/t14-,16-/m0/s1. The molecule has 0 aliphatic carbocycles. The summed E-state index contributed by atoms with van der Waals surface area (Å²) in [6, 6.07) is 7.80. The maximum Gasteiger partial charge on any atom is 0.255 e. The quantitative estimate of drug-likeness (QED) is 0.416. The fourth-order valence-electron chi connectivity index (χ4n) is 5.16. The Morgan fingerprint density at radius 1 is 1.13 bits per heavy atom. The van der Waals surface area contributed by atoms with Gasteiger partial charge < -0.3 is 20.0 Å². The molecule has 196 valence electrons. The molecule has 1 amide bonds. The summed E-state index contributed by atoms with van der Waals surface area (Å²) < 4.78 is 1.65. The highest BCUT2D eigenvalue weighted by Gasteiger charge is 2.32. The lowest BCUT2D eigenvalue weighted by molar-refractivity contribution is -0.113. The average molecular weight is 515 g/mol. The summed E-state index contributed by atoms with van der Waals surface area (Å²) in [6.07, 6.45) is 1.59. The zero-order valence-corrected chi connectivity index (χ0v) is 22.0. The van der Waals surface area contributed by atoms with Gasteiger partial charge in [0.2, 0.25) is 5.95 Å². The number of rotatable bonds is 4. The molecule has 2 atom stereocenters. The van der Waals surface area contributed by atoms with Gasteiger partial charge >= 0.3 is 0 Å². The molecular formula is C25H30N12O. The van der Waals surface area contributed by atoms with Crippen molar-refractivity contribution in [2.24, 2.45) is 0 Å². The van der Waals surface area contributed by atoms with Gasteiger partial charge in [0.15, 0.2) is 0 Å². The van der Waals surface area contributed by atoms with E-state index in [0.29, 0.717) is 28.9 Å². The second-order valence-corrected chi connectivity index (χ2v) is 9.98. The molecule has 1 fully saturated rings. The van der Waals surface area contributed by atoms with Crippen LogP contribution in [0.5, 0.6) is 0 Å². The van der Waals surface area contributed by atoms with Gasteiger partial charge in [-0.05, 0) is 56.4 Å². The van der Waals surface area contributed by atoms with E-state index in [1.807, 2.05) is 50.1 Å². The number of aromatic amines is 1. The molecular weight excluding hydrogens is 484 g/mol. The van der Waals surface area contributed by atoms with E-state index in [-0.39, 0.29) is 11.9 Å². The molecule has 0 saturated carbocycles. The number of H-pyrrole nitrogens is 1. The number of piperazine rings is 1. The second-order valence-electron chi connectivity index (χ2n) is 9.98. The van der Waals surface area contributed by atoms with Crippen molar-refractivity contribution in [2.45, 2.75) is 32.9 Å². The summed E-state index contributed by atoms with van der Waals surface area (Å²) in [4.78, 5) is 28.9. The third-order valence-electron chi connectivity index (χ3n) is 7.70. The molecule has 3 aromatic heterocycles. The van der Waals surface area contributed by atoms with Crippen LogP contribution in [0.25, 0.3) is 22.3 Å². The van der Waals surface area contributed by atoms with Crippen molar-refractivity contribution < 1.29 is 4.79 Å². The van der Waals surface area contributed by atoms with Crippen LogP contribution in [0.1, 0.15) is 26.8 Å². The largest absolute Gasteiger partial charge is 0.354 e. The average Bonchev–Trinajstić information content (AvgIpc) is 3.57. The maximum atomic E-state index is 13.4. The molecule has 1 saturated heterocycles. The summed E-state index contributed by atoms with van der Waals surface area (Å²) in [5.74, 6) is 1.28. The Balaban J connectivity index is 1.28. The van der Waals surface area contributed by atoms with E-state index in [2.05, 4.69) is 64.8 Å². The van der Waals surface area contributed by atoms with Gasteiger partial charge in [-0.1, -0.05) is 5.10 Å². The van der Waals surface area contributed by atoms with E-state index in [1.165, 1.54) is 0 Å². The molecule has 2 N–H and O–H groups in total. The summed E-state index contributed by atoms with van der Waals surface area (Å²) in [6.45, 7) is 8.82. The molecule has 0 radical (unpaired) electrons. The highest BCUT2D eigenvalue weighted by atomic mass is 16.1. The van der Waals surface area contributed by atoms with Crippen molar-refractivity contribution in [3.63, 3.8) is 0 Å². The van der Waals surface area contributed by atoms with Crippen LogP contribution in [0.2, 0.25) is 0 Å². The van der Waals surface area contributed by atoms with Gasteiger partial charge in [0, 0.05) is 55.6 Å². The van der Waals surface area contributed by atoms with Crippen molar-refractivity contribution in [2.75, 3.05) is 48.8 Å². The number of allylic oxidation sites excluding steroid dienone is 1. The van der Waals surface area contributed by atoms with Crippen LogP contribution < -0.4 is 15.1 Å². The number of nitrogens with zero attached hydrogens (tertiary/aromatic N) is 10. The fraction of sp³-hybridized carbons (Fsp3) is 0.400. The van der Waals surface area contributed by atoms with Gasteiger partial charge in [0.1, 0.15) is 17.8 Å². The SMILES string of the molecule is CC1=C(C(=O)Nc2ccc3[nH]nc(-c4cc(N5CCN(C)[C@@H](C)C5)ncn4)c3c2)[C@H](C)n2nnnc2N1C. The van der Waals surface area contributed by atoms with Crippen molar-refractivity contribution in [3.8, 4) is 11.4 Å². The summed E-state index contributed by atoms with van der Waals surface area (Å²) >= 11 is 0. The number of tetrazole rings is 1. The van der Waals surface area contributed by atoms with Crippen LogP contribution in [0.3, 0.4) is 0 Å². The molecule has 0 unspecified atom stereocenters. The van der Waals surface area contributed by atoms with E-state index in [0.717, 1.165) is 47.7 Å². The molecule has 13 nitrogen and oxygen atoms in total. The normalized spacial score (nSPS) is 20.2. The first-order valence-corrected chi connectivity index (χ1v) is 12.6. The third kappa shape index (κ3) is 3.95. The first-order valence-electron chi connectivity index (χ1n) is 12.6. The van der Waals surface area contributed by atoms with Crippen molar-refractivity contribution in [3.05, 3.63) is 41.9 Å². The maximum absolute atomic E-state index is 13.4. The van der Waals surface area contributed by atoms with Gasteiger partial charge in [-0.2, -0.15) is 5.10 Å². The Kier molecular flexibility index (Phi) is 5.79. The smallest absolute Gasteiger partial charge is 0.255 e. The molecule has 2 aliphatic heterocycles. The molecule has 5 heterocycles. The highest BCUT2D eigenvalue weighted by Crippen LogP contribution is 2.33. The Morgan fingerprint density at radius 2 is 1.97 bits per heavy atom. The van der Waals surface area contributed by atoms with E-state index in [1.54, 1.807) is 11.0 Å². The zero-order chi connectivity index (χ0) is 26.6. The number of carbonyl (C=O) groups excluding carboxylic acids is 1. The van der Waals surface area contributed by atoms with Crippen LogP contribution in [0, 0.1) is 0 Å². The minimum absolute atomic E-state index is 0.207. The Labute approximate surface area is 219 Å². The van der Waals surface area contributed by atoms with Crippen LogP contribution >= 0.6 is 0 Å². The van der Waals surface area contributed by atoms with E-state index in [4.69, 9.17) is 0 Å². The first-order chi connectivity index (χ1) is 18.3. The minimum atomic E-state index is -0.304. The van der Waals surface area contributed by atoms with Crippen molar-refractivity contribution in [1.29, 1.82) is 0 Å². The monoisotopic (exact) mass is 514 g/mol. The van der Waals surface area contributed by atoms with E-state index in [9.17, 15) is 4.79 Å². The topological polar surface area (TPSA) is 137 Å². The number of hydrogen-bond acceptors (Lipinski definition) is 10. The number of nitrogens with one attached hydrogen (secondary N) is 2. The lowest BCUT2D eigenvalue weighted by atomic mass is 10.0. The molecule has 38 heavy (non-hydrogen) atoms. The van der Waals surface area contributed by atoms with Crippen LogP contribution in [-0.2, 0) is 4.79 Å². The molecule has 4 aromatic rings. The van der Waals surface area contributed by atoms with Crippen LogP contribution in [0.15, 0.2) is 41.9 Å². The van der Waals surface area contributed by atoms with E-state index < -0.39 is 0 Å². The summed E-state index contributed by atoms with van der Waals surface area (Å²) in [5.41, 5.74) is 4.34. The Morgan fingerprint density at radius 3 is 2.79 bits per heavy atom. The first kappa shape index (κ1) is 24.0. The van der Waals surface area contributed by atoms with Crippen LogP contribution in [-0.4, -0.2) is 91.0 Å². The highest BCUT2D eigenvalue weighted by molar-refractivity contribution is 6.07. The number of fused-ring (bicyclic) bond motifs is 2. The number of hydrogen-bond donors (Lipinski definition) is 2. The number of aromatic nitrogens is 8. The molecule has 2 aliphatic rings. The van der Waals surface area contributed by atoms with Gasteiger partial charge in [-0.3, -0.25) is 9.89 Å². The van der Waals surface area contributed by atoms with Crippen molar-refractivity contribution in [1.82, 2.24) is 45.3 Å². The van der Waals surface area contributed by atoms with Gasteiger partial charge in [-0.25, -0.2) is 14.6 Å². The number of anilines is 3. The predicted octanol–water partition coefficient (Wildman–Crippen LogP) is 2.07. The molecule has 0 bridgehead atoms. The zero-order valence-electron chi connectivity index (χ0n) is 22.0. The lowest BCUT2D eigenvalue weighted by Crippen LogP contribution is -2.50. The third-order valence-corrected chi connectivity index (χ3v) is 7.70. The minimum Gasteiger partial charge on any atom is -0.354 e. The van der Waals surface area contributed by atoms with Crippen LogP contribution in [0.4, 0.5) is 17.5 Å². The summed E-state index contributed by atoms with van der Waals surface area (Å²) in [7, 11) is 3.99. The molecule has 6 rings (SSSR count). The fourth-order valence-corrected chi connectivity index (χ4v) is 5.16. The number of likely N-dealkylation sites (N-methyl/N-ethyl adjacent to an activating group) is 1. The predicted molar refractivity (Wildman–Crippen MR) is 144 cm³/mol. The Bertz CT molecular complexity index is 1550. The number of benzene rings is 1. The molecule has 0 spiro atoms. The molecule has 1 aromatic carbocycles. The van der Waals surface area contributed by atoms with E-state index >= 15 is 0 Å². The summed E-state index contributed by atoms with van der Waals surface area (Å²) in [5, 5.41) is 23.4. The van der Waals surface area contributed by atoms with Gasteiger partial charge in [-0.15, -0.1) is 0 Å². The number of carbonyl (C=O) groups is 1. The van der Waals surface area contributed by atoms with Gasteiger partial charge in [0.05, 0.1) is 22.8 Å². The lowest BCUT2D eigenvalue weighted by Gasteiger charge is -2.38. The van der Waals surface area contributed by atoms with Gasteiger partial charge in [0.25, 0.3) is 5.91 Å². The number of amides is 1. The van der Waals surface area contributed by atoms with Crippen molar-refractivity contribution >= 4 is 34.3 Å².